The summed E-state index contributed by atoms with van der Waals surface area (Å²) < 4.78 is 0.651. The van der Waals surface area contributed by atoms with Crippen LogP contribution in [0.2, 0.25) is 0 Å². The monoisotopic (exact) mass is 501 g/mol. The van der Waals surface area contributed by atoms with E-state index in [-0.39, 0.29) is 22.2 Å². The van der Waals surface area contributed by atoms with Crippen molar-refractivity contribution in [2.45, 2.75) is 16.1 Å². The number of amides is 1. The van der Waals surface area contributed by atoms with Gasteiger partial charge >= 0.3 is 5.91 Å². The van der Waals surface area contributed by atoms with Gasteiger partial charge in [0.2, 0.25) is 5.13 Å². The van der Waals surface area contributed by atoms with Crippen LogP contribution in [0.1, 0.15) is 22.7 Å². The molecule has 1 amide bonds. The maximum absolute atomic E-state index is 13.2. The number of thioether (sulfide) groups is 1. The van der Waals surface area contributed by atoms with Crippen molar-refractivity contribution >= 4 is 45.7 Å². The molecule has 0 saturated carbocycles. The molecule has 0 bridgehead atoms. The smallest absolute Gasteiger partial charge is 0.301 e. The van der Waals surface area contributed by atoms with E-state index in [0.29, 0.717) is 21.2 Å². The van der Waals surface area contributed by atoms with Gasteiger partial charge in [-0.05, 0) is 23.3 Å². The first-order chi connectivity index (χ1) is 17.0. The number of nitrogens with zero attached hydrogens (tertiary/aromatic N) is 3. The van der Waals surface area contributed by atoms with E-state index in [0.717, 1.165) is 5.56 Å². The van der Waals surface area contributed by atoms with Crippen LogP contribution >= 0.6 is 23.1 Å². The van der Waals surface area contributed by atoms with Crippen molar-refractivity contribution in [3.63, 3.8) is 0 Å². The second kappa shape index (κ2) is 9.73. The van der Waals surface area contributed by atoms with Crippen LogP contribution in [0.3, 0.4) is 0 Å². The average Bonchev–Trinajstić information content (AvgIpc) is 3.46. The fourth-order valence-corrected chi connectivity index (χ4v) is 5.65. The van der Waals surface area contributed by atoms with Gasteiger partial charge in [0, 0.05) is 11.3 Å². The van der Waals surface area contributed by atoms with Gasteiger partial charge < -0.3 is 10.2 Å². The molecule has 1 aliphatic rings. The SMILES string of the molecule is O=C1C(=O)N(c2nnc(SCc3ccccc3)s2)C(c2ccc(O)cc2)C1=C(O)c1ccccc1. The predicted octanol–water partition coefficient (Wildman–Crippen LogP) is 5.16. The molecule has 0 spiro atoms. The normalized spacial score (nSPS) is 17.1. The Labute approximate surface area is 209 Å². The summed E-state index contributed by atoms with van der Waals surface area (Å²) in [6, 6.07) is 23.8. The lowest BCUT2D eigenvalue weighted by Crippen LogP contribution is -2.29. The first kappa shape index (κ1) is 22.8. The second-order valence-corrected chi connectivity index (χ2v) is 9.93. The number of Topliss-reactive ketones (excluding diaryl/α,β-unsaturated/α-hetero) is 1. The number of aromatic nitrogens is 2. The van der Waals surface area contributed by atoms with Gasteiger partial charge in [0.05, 0.1) is 11.6 Å². The van der Waals surface area contributed by atoms with Crippen molar-refractivity contribution in [3.8, 4) is 5.75 Å². The molecule has 1 aromatic heterocycles. The van der Waals surface area contributed by atoms with E-state index < -0.39 is 17.7 Å². The third kappa shape index (κ3) is 4.55. The van der Waals surface area contributed by atoms with Gasteiger partial charge in [-0.3, -0.25) is 14.5 Å². The average molecular weight is 502 g/mol. The van der Waals surface area contributed by atoms with E-state index >= 15 is 0 Å². The Bertz CT molecular complexity index is 1400. The lowest BCUT2D eigenvalue weighted by Gasteiger charge is -2.22. The largest absolute Gasteiger partial charge is 0.508 e. The van der Waals surface area contributed by atoms with E-state index in [4.69, 9.17) is 0 Å². The van der Waals surface area contributed by atoms with Crippen LogP contribution < -0.4 is 4.90 Å². The highest BCUT2D eigenvalue weighted by atomic mass is 32.2. The number of aromatic hydroxyl groups is 1. The van der Waals surface area contributed by atoms with Gasteiger partial charge in [0.1, 0.15) is 11.5 Å². The Morgan fingerprint density at radius 2 is 1.57 bits per heavy atom. The van der Waals surface area contributed by atoms with Crippen LogP contribution in [-0.4, -0.2) is 32.1 Å². The molecule has 1 fully saturated rings. The van der Waals surface area contributed by atoms with Crippen molar-refractivity contribution in [1.29, 1.82) is 0 Å². The summed E-state index contributed by atoms with van der Waals surface area (Å²) in [5, 5.41) is 29.5. The Morgan fingerprint density at radius 3 is 2.26 bits per heavy atom. The summed E-state index contributed by atoms with van der Waals surface area (Å²) in [5.74, 6) is -1.14. The van der Waals surface area contributed by atoms with Gasteiger partial charge in [0.15, 0.2) is 4.34 Å². The minimum absolute atomic E-state index is 0.0411. The molecular weight excluding hydrogens is 482 g/mol. The zero-order chi connectivity index (χ0) is 24.4. The molecule has 2 heterocycles. The third-order valence-corrected chi connectivity index (χ3v) is 7.63. The number of hydrogen-bond donors (Lipinski definition) is 2. The van der Waals surface area contributed by atoms with Crippen molar-refractivity contribution in [1.82, 2.24) is 10.2 Å². The molecule has 4 aromatic rings. The Balaban J connectivity index is 1.54. The highest BCUT2D eigenvalue weighted by molar-refractivity contribution is 8.00. The zero-order valence-electron chi connectivity index (χ0n) is 18.2. The van der Waals surface area contributed by atoms with E-state index in [1.165, 1.54) is 40.1 Å². The molecule has 2 N–H and O–H groups in total. The van der Waals surface area contributed by atoms with Gasteiger partial charge in [-0.25, -0.2) is 0 Å². The number of hydrogen-bond acceptors (Lipinski definition) is 8. The molecule has 35 heavy (non-hydrogen) atoms. The molecule has 0 radical (unpaired) electrons. The van der Waals surface area contributed by atoms with Crippen molar-refractivity contribution in [2.75, 3.05) is 4.90 Å². The first-order valence-electron chi connectivity index (χ1n) is 10.7. The molecule has 1 aliphatic heterocycles. The van der Waals surface area contributed by atoms with E-state index in [1.54, 1.807) is 42.5 Å². The number of benzene rings is 3. The van der Waals surface area contributed by atoms with Gasteiger partial charge in [0.25, 0.3) is 5.78 Å². The fourth-order valence-electron chi connectivity index (χ4n) is 3.83. The zero-order valence-corrected chi connectivity index (χ0v) is 19.9. The van der Waals surface area contributed by atoms with Crippen LogP contribution in [0.25, 0.3) is 5.76 Å². The molecule has 1 saturated heterocycles. The van der Waals surface area contributed by atoms with Crippen molar-refractivity contribution < 1.29 is 19.8 Å². The number of aliphatic hydroxyl groups excluding tert-OH is 1. The summed E-state index contributed by atoms with van der Waals surface area (Å²) in [5.41, 5.74) is 2.06. The van der Waals surface area contributed by atoms with Gasteiger partial charge in [-0.2, -0.15) is 0 Å². The van der Waals surface area contributed by atoms with Gasteiger partial charge in [-0.15, -0.1) is 10.2 Å². The minimum Gasteiger partial charge on any atom is -0.508 e. The summed E-state index contributed by atoms with van der Waals surface area (Å²) in [4.78, 5) is 27.6. The topological polar surface area (TPSA) is 104 Å². The van der Waals surface area contributed by atoms with Crippen LogP contribution in [0.5, 0.6) is 5.75 Å². The number of phenols is 1. The lowest BCUT2D eigenvalue weighted by molar-refractivity contribution is -0.132. The Hall–Kier alpha value is -3.95. The summed E-state index contributed by atoms with van der Waals surface area (Å²) in [6.07, 6.45) is 0. The molecule has 0 aliphatic carbocycles. The summed E-state index contributed by atoms with van der Waals surface area (Å²) in [6.45, 7) is 0. The van der Waals surface area contributed by atoms with Crippen LogP contribution in [-0.2, 0) is 15.3 Å². The predicted molar refractivity (Wildman–Crippen MR) is 135 cm³/mol. The molecule has 5 rings (SSSR count). The van der Waals surface area contributed by atoms with Crippen molar-refractivity contribution in [2.24, 2.45) is 0 Å². The number of rotatable bonds is 6. The quantitative estimate of drug-likeness (QED) is 0.124. The van der Waals surface area contributed by atoms with E-state index in [1.807, 2.05) is 30.3 Å². The molecule has 3 aromatic carbocycles. The molecular formula is C26H19N3O4S2. The summed E-state index contributed by atoms with van der Waals surface area (Å²) >= 11 is 2.69. The van der Waals surface area contributed by atoms with Crippen molar-refractivity contribution in [3.05, 3.63) is 107 Å². The molecule has 174 valence electrons. The van der Waals surface area contributed by atoms with Crippen LogP contribution in [0.15, 0.2) is 94.8 Å². The van der Waals surface area contributed by atoms with Gasteiger partial charge in [-0.1, -0.05) is 95.9 Å². The number of carbonyl (C=O) groups excluding carboxylic acids is 2. The number of aliphatic hydroxyl groups is 1. The second-order valence-electron chi connectivity index (χ2n) is 7.75. The van der Waals surface area contributed by atoms with E-state index in [2.05, 4.69) is 10.2 Å². The highest BCUT2D eigenvalue weighted by Crippen LogP contribution is 2.44. The summed E-state index contributed by atoms with van der Waals surface area (Å²) in [7, 11) is 0. The molecule has 7 nitrogen and oxygen atoms in total. The van der Waals surface area contributed by atoms with E-state index in [9.17, 15) is 19.8 Å². The number of carbonyl (C=O) groups is 2. The number of phenolic OH excluding ortho intramolecular Hbond substituents is 1. The molecule has 9 heteroatoms. The lowest BCUT2D eigenvalue weighted by atomic mass is 9.95. The Kier molecular flexibility index (Phi) is 6.35. The van der Waals surface area contributed by atoms with Crippen LogP contribution in [0.4, 0.5) is 5.13 Å². The van der Waals surface area contributed by atoms with Crippen LogP contribution in [0, 0.1) is 0 Å². The Morgan fingerprint density at radius 1 is 0.914 bits per heavy atom. The number of ketones is 1. The molecule has 1 atom stereocenters. The number of anilines is 1. The maximum atomic E-state index is 13.2. The fraction of sp³-hybridized carbons (Fsp3) is 0.0769. The third-order valence-electron chi connectivity index (χ3n) is 5.51. The highest BCUT2D eigenvalue weighted by Gasteiger charge is 2.48. The minimum atomic E-state index is -0.921. The maximum Gasteiger partial charge on any atom is 0.301 e. The molecule has 1 unspecified atom stereocenters. The first-order valence-corrected chi connectivity index (χ1v) is 12.5. The standard InChI is InChI=1S/C26H19N3O4S2/c30-19-13-11-17(12-14-19)21-20(22(31)18-9-5-2-6-10-18)23(32)24(33)29(21)25-27-28-26(35-25)34-15-16-7-3-1-4-8-16/h1-14,21,30-31H,15H2.